The van der Waals surface area contributed by atoms with Crippen LogP contribution in [0.4, 0.5) is 0 Å². The van der Waals surface area contributed by atoms with Gasteiger partial charge in [0.15, 0.2) is 0 Å². The van der Waals surface area contributed by atoms with Crippen molar-refractivity contribution in [3.63, 3.8) is 0 Å². The first kappa shape index (κ1) is 10.1. The summed E-state index contributed by atoms with van der Waals surface area (Å²) in [4.78, 5) is 0. The highest BCUT2D eigenvalue weighted by Gasteiger charge is 2.21. The van der Waals surface area contributed by atoms with E-state index in [1.165, 1.54) is 27.8 Å². The van der Waals surface area contributed by atoms with Crippen LogP contribution in [-0.2, 0) is 0 Å². The minimum atomic E-state index is 1.09. The van der Waals surface area contributed by atoms with Gasteiger partial charge >= 0.3 is 0 Å². The molecule has 0 unspecified atom stereocenters. The lowest BCUT2D eigenvalue weighted by molar-refractivity contribution is 1.55. The molecule has 0 bridgehead atoms. The summed E-state index contributed by atoms with van der Waals surface area (Å²) in [5.41, 5.74) is 7.68. The Bertz CT molecular complexity index is 582. The van der Waals surface area contributed by atoms with Crippen LogP contribution in [0.25, 0.3) is 16.7 Å². The van der Waals surface area contributed by atoms with Gasteiger partial charge < -0.3 is 0 Å². The van der Waals surface area contributed by atoms with Crippen molar-refractivity contribution in [1.29, 1.82) is 0 Å². The maximum absolute atomic E-state index is 3.99. The molecular formula is C17H14. The third kappa shape index (κ3) is 1.53. The molecule has 0 N–H and O–H groups in total. The van der Waals surface area contributed by atoms with Crippen LogP contribution in [-0.4, -0.2) is 0 Å². The predicted octanol–water partition coefficient (Wildman–Crippen LogP) is 4.67. The van der Waals surface area contributed by atoms with Crippen LogP contribution in [0.2, 0.25) is 0 Å². The van der Waals surface area contributed by atoms with E-state index < -0.39 is 0 Å². The Labute approximate surface area is 102 Å². The van der Waals surface area contributed by atoms with Crippen LogP contribution in [0, 0.1) is 0 Å². The van der Waals surface area contributed by atoms with Crippen LogP contribution in [0.15, 0.2) is 66.8 Å². The van der Waals surface area contributed by atoms with Gasteiger partial charge in [-0.2, -0.15) is 0 Å². The zero-order valence-corrected chi connectivity index (χ0v) is 9.90. The minimum absolute atomic E-state index is 1.09. The van der Waals surface area contributed by atoms with Gasteiger partial charge in [-0.25, -0.2) is 0 Å². The van der Waals surface area contributed by atoms with Crippen LogP contribution < -0.4 is 0 Å². The highest BCUT2D eigenvalue weighted by atomic mass is 14.2. The van der Waals surface area contributed by atoms with Crippen molar-refractivity contribution in [3.05, 3.63) is 77.9 Å². The van der Waals surface area contributed by atoms with Gasteiger partial charge in [0, 0.05) is 0 Å². The summed E-state index contributed by atoms with van der Waals surface area (Å²) in [5.74, 6) is 0. The number of allylic oxidation sites excluding steroid dienone is 2. The molecule has 0 heterocycles. The van der Waals surface area contributed by atoms with Gasteiger partial charge in [-0.3, -0.25) is 0 Å². The van der Waals surface area contributed by atoms with Gasteiger partial charge in [0.05, 0.1) is 0 Å². The SMILES string of the molecule is C=C(C)C=C1c2ccccc2-c2ccccc21. The highest BCUT2D eigenvalue weighted by molar-refractivity contribution is 6.01. The largest absolute Gasteiger partial charge is 0.0961 e. The van der Waals surface area contributed by atoms with Crippen LogP contribution in [0.5, 0.6) is 0 Å². The van der Waals surface area contributed by atoms with Gasteiger partial charge in [0.25, 0.3) is 0 Å². The summed E-state index contributed by atoms with van der Waals surface area (Å²) in [5, 5.41) is 0. The third-order valence-corrected chi connectivity index (χ3v) is 3.12. The summed E-state index contributed by atoms with van der Waals surface area (Å²) < 4.78 is 0. The first-order chi connectivity index (χ1) is 8.27. The Kier molecular flexibility index (Phi) is 2.22. The second kappa shape index (κ2) is 3.74. The molecule has 2 aromatic rings. The minimum Gasteiger partial charge on any atom is -0.0961 e. The van der Waals surface area contributed by atoms with Crippen molar-refractivity contribution in [3.8, 4) is 11.1 Å². The molecule has 0 aliphatic heterocycles. The molecule has 0 spiro atoms. The molecule has 0 fully saturated rings. The maximum Gasteiger partial charge on any atom is -0.00965 e. The van der Waals surface area contributed by atoms with Crippen LogP contribution in [0.3, 0.4) is 0 Å². The molecule has 0 saturated carbocycles. The van der Waals surface area contributed by atoms with E-state index in [9.17, 15) is 0 Å². The fraction of sp³-hybridized carbons (Fsp3) is 0.0588. The third-order valence-electron chi connectivity index (χ3n) is 3.12. The standard InChI is InChI=1S/C17H14/c1-12(2)11-17-15-9-5-3-7-13(15)14-8-4-6-10-16(14)17/h3-11H,1H2,2H3. The van der Waals surface area contributed by atoms with Gasteiger partial charge in [-0.15, -0.1) is 0 Å². The number of hydrogen-bond acceptors (Lipinski definition) is 0. The van der Waals surface area contributed by atoms with E-state index in [2.05, 4.69) is 61.2 Å². The summed E-state index contributed by atoms with van der Waals surface area (Å²) in [6.07, 6.45) is 2.17. The number of fused-ring (bicyclic) bond motifs is 3. The molecule has 17 heavy (non-hydrogen) atoms. The summed E-state index contributed by atoms with van der Waals surface area (Å²) in [6.45, 7) is 6.03. The molecular weight excluding hydrogens is 204 g/mol. The Morgan fingerprint density at radius 1 is 0.824 bits per heavy atom. The first-order valence-corrected chi connectivity index (χ1v) is 5.84. The Morgan fingerprint density at radius 2 is 1.24 bits per heavy atom. The van der Waals surface area contributed by atoms with E-state index >= 15 is 0 Å². The lowest BCUT2D eigenvalue weighted by atomic mass is 10.0. The second-order valence-electron chi connectivity index (χ2n) is 4.50. The van der Waals surface area contributed by atoms with E-state index in [1.807, 2.05) is 6.92 Å². The van der Waals surface area contributed by atoms with Crippen molar-refractivity contribution in [1.82, 2.24) is 0 Å². The molecule has 0 radical (unpaired) electrons. The molecule has 1 aliphatic rings. The molecule has 2 aromatic carbocycles. The topological polar surface area (TPSA) is 0 Å². The van der Waals surface area contributed by atoms with Crippen molar-refractivity contribution in [2.45, 2.75) is 6.92 Å². The maximum atomic E-state index is 3.99. The fourth-order valence-corrected chi connectivity index (χ4v) is 2.45. The Hall–Kier alpha value is -2.08. The average Bonchev–Trinajstić information content (AvgIpc) is 2.65. The van der Waals surface area contributed by atoms with Gasteiger partial charge in [0.2, 0.25) is 0 Å². The fourth-order valence-electron chi connectivity index (χ4n) is 2.45. The van der Waals surface area contributed by atoms with Crippen LogP contribution in [0.1, 0.15) is 18.1 Å². The van der Waals surface area contributed by atoms with E-state index in [4.69, 9.17) is 0 Å². The lowest BCUT2D eigenvalue weighted by Gasteiger charge is -2.02. The number of rotatable bonds is 1. The van der Waals surface area contributed by atoms with Gasteiger partial charge in [0.1, 0.15) is 0 Å². The van der Waals surface area contributed by atoms with Crippen molar-refractivity contribution in [2.24, 2.45) is 0 Å². The quantitative estimate of drug-likeness (QED) is 0.556. The monoisotopic (exact) mass is 218 g/mol. The van der Waals surface area contributed by atoms with Crippen molar-refractivity contribution in [2.75, 3.05) is 0 Å². The van der Waals surface area contributed by atoms with E-state index in [0.29, 0.717) is 0 Å². The summed E-state index contributed by atoms with van der Waals surface area (Å²) in [6, 6.07) is 17.1. The Morgan fingerprint density at radius 3 is 1.65 bits per heavy atom. The molecule has 0 aromatic heterocycles. The normalized spacial score (nSPS) is 11.9. The molecule has 0 heteroatoms. The number of hydrogen-bond donors (Lipinski definition) is 0. The van der Waals surface area contributed by atoms with Crippen molar-refractivity contribution < 1.29 is 0 Å². The lowest BCUT2D eigenvalue weighted by Crippen LogP contribution is -1.81. The zero-order chi connectivity index (χ0) is 11.8. The average molecular weight is 218 g/mol. The smallest absolute Gasteiger partial charge is 0.00965 e. The Balaban J connectivity index is 2.35. The second-order valence-corrected chi connectivity index (χ2v) is 4.50. The molecule has 0 nitrogen and oxygen atoms in total. The first-order valence-electron chi connectivity index (χ1n) is 5.84. The molecule has 3 rings (SSSR count). The molecule has 0 saturated heterocycles. The predicted molar refractivity (Wildman–Crippen MR) is 73.8 cm³/mol. The van der Waals surface area contributed by atoms with Crippen LogP contribution >= 0.6 is 0 Å². The number of benzene rings is 2. The van der Waals surface area contributed by atoms with E-state index in [0.717, 1.165) is 5.57 Å². The molecule has 82 valence electrons. The summed E-state index contributed by atoms with van der Waals surface area (Å²) in [7, 11) is 0. The van der Waals surface area contributed by atoms with Gasteiger partial charge in [-0.1, -0.05) is 66.8 Å². The van der Waals surface area contributed by atoms with Crippen molar-refractivity contribution >= 4 is 5.57 Å². The summed E-state index contributed by atoms with van der Waals surface area (Å²) >= 11 is 0. The van der Waals surface area contributed by atoms with Gasteiger partial charge in [-0.05, 0) is 34.8 Å². The molecule has 1 aliphatic carbocycles. The molecule has 0 atom stereocenters. The zero-order valence-electron chi connectivity index (χ0n) is 9.90. The van der Waals surface area contributed by atoms with E-state index in [1.54, 1.807) is 0 Å². The van der Waals surface area contributed by atoms with E-state index in [-0.39, 0.29) is 0 Å². The molecule has 0 amide bonds. The highest BCUT2D eigenvalue weighted by Crippen LogP contribution is 2.44.